The summed E-state index contributed by atoms with van der Waals surface area (Å²) in [5.41, 5.74) is 0. The summed E-state index contributed by atoms with van der Waals surface area (Å²) in [5, 5.41) is 0. The highest BCUT2D eigenvalue weighted by Crippen LogP contribution is 2.35. The predicted molar refractivity (Wildman–Crippen MR) is 53.3 cm³/mol. The topological polar surface area (TPSA) is 9.23 Å². The van der Waals surface area contributed by atoms with Crippen molar-refractivity contribution in [2.24, 2.45) is 0 Å². The number of hydrogen-bond donors (Lipinski definition) is 3. The first-order chi connectivity index (χ1) is 4.65. The first-order valence-corrected chi connectivity index (χ1v) is 4.86. The van der Waals surface area contributed by atoms with Crippen LogP contribution in [0.5, 0.6) is 0 Å². The number of hydrogen-bond acceptors (Lipinski definition) is 4. The molecule has 1 rings (SSSR count). The highest BCUT2D eigenvalue weighted by molar-refractivity contribution is 8.00. The molecule has 0 N–H and O–H groups in total. The Morgan fingerprint density at radius 2 is 2.00 bits per heavy atom. The molecule has 1 aliphatic heterocycles. The summed E-state index contributed by atoms with van der Waals surface area (Å²) in [6.07, 6.45) is 3.26. The third-order valence-electron chi connectivity index (χ3n) is 1.68. The summed E-state index contributed by atoms with van der Waals surface area (Å²) < 4.78 is 5.35. The summed E-state index contributed by atoms with van der Waals surface area (Å²) in [6, 6.07) is 0. The summed E-state index contributed by atoms with van der Waals surface area (Å²) >= 11 is 12.7. The van der Waals surface area contributed by atoms with Crippen LogP contribution in [0.4, 0.5) is 0 Å². The molecule has 0 aromatic carbocycles. The lowest BCUT2D eigenvalue weighted by molar-refractivity contribution is 0.00275. The van der Waals surface area contributed by atoms with Crippen molar-refractivity contribution in [2.75, 3.05) is 6.61 Å². The Hall–Kier alpha value is 1.01. The molecule has 0 spiro atoms. The minimum atomic E-state index is -0.398. The molecule has 1 unspecified atom stereocenters. The predicted octanol–water partition coefficient (Wildman–Crippen LogP) is 2.00. The quantitative estimate of drug-likeness (QED) is 0.429. The zero-order valence-corrected chi connectivity index (χ0v) is 8.34. The second-order valence-corrected chi connectivity index (χ2v) is 4.72. The van der Waals surface area contributed by atoms with Gasteiger partial charge in [0.15, 0.2) is 0 Å². The smallest absolute Gasteiger partial charge is 0.131 e. The molecule has 10 heavy (non-hydrogen) atoms. The summed E-state index contributed by atoms with van der Waals surface area (Å²) in [4.78, 5) is -0.398. The van der Waals surface area contributed by atoms with Crippen LogP contribution < -0.4 is 0 Å². The summed E-state index contributed by atoms with van der Waals surface area (Å²) in [6.45, 7) is 0.793. The molecular formula is C6H12OS3. The van der Waals surface area contributed by atoms with Crippen molar-refractivity contribution in [3.05, 3.63) is 0 Å². The molecule has 1 heterocycles. The van der Waals surface area contributed by atoms with Crippen LogP contribution in [-0.4, -0.2) is 16.1 Å². The van der Waals surface area contributed by atoms with E-state index in [-0.39, 0.29) is 4.58 Å². The van der Waals surface area contributed by atoms with Crippen molar-refractivity contribution in [3.63, 3.8) is 0 Å². The van der Waals surface area contributed by atoms with E-state index in [2.05, 4.69) is 37.9 Å². The summed E-state index contributed by atoms with van der Waals surface area (Å²) in [7, 11) is 0. The molecule has 0 saturated carbocycles. The van der Waals surface area contributed by atoms with Gasteiger partial charge in [-0.15, -0.1) is 12.6 Å². The number of ether oxygens (including phenoxy) is 1. The lowest BCUT2D eigenvalue weighted by Gasteiger charge is -2.34. The van der Waals surface area contributed by atoms with Crippen molar-refractivity contribution in [1.29, 1.82) is 0 Å². The fourth-order valence-corrected chi connectivity index (χ4v) is 1.66. The van der Waals surface area contributed by atoms with Crippen molar-refractivity contribution in [2.45, 2.75) is 28.8 Å². The van der Waals surface area contributed by atoms with Crippen LogP contribution in [0.1, 0.15) is 19.3 Å². The maximum Gasteiger partial charge on any atom is 0.131 e. The van der Waals surface area contributed by atoms with E-state index in [1.54, 1.807) is 0 Å². The van der Waals surface area contributed by atoms with Gasteiger partial charge in [-0.1, -0.05) is 0 Å². The minimum Gasteiger partial charge on any atom is -0.363 e. The van der Waals surface area contributed by atoms with E-state index in [0.29, 0.717) is 0 Å². The number of thiol groups is 3. The molecule has 60 valence electrons. The monoisotopic (exact) mass is 196 g/mol. The molecule has 0 bridgehead atoms. The molecule has 1 aliphatic rings. The molecular weight excluding hydrogens is 184 g/mol. The van der Waals surface area contributed by atoms with E-state index in [1.807, 2.05) is 0 Å². The number of rotatable bonds is 1. The maximum absolute atomic E-state index is 5.44. The van der Waals surface area contributed by atoms with Gasteiger partial charge in [-0.25, -0.2) is 0 Å². The van der Waals surface area contributed by atoms with Gasteiger partial charge in [0, 0.05) is 6.61 Å². The molecule has 0 aromatic rings. The van der Waals surface area contributed by atoms with E-state index in [4.69, 9.17) is 4.74 Å². The van der Waals surface area contributed by atoms with Crippen molar-refractivity contribution < 1.29 is 4.74 Å². The molecule has 0 radical (unpaired) electrons. The standard InChI is InChI=1S/C6H12OS3/c8-5(9)6(10)3-1-2-4-7-6/h5,8-10H,1-4H2. The Morgan fingerprint density at radius 1 is 1.30 bits per heavy atom. The molecule has 4 heteroatoms. The van der Waals surface area contributed by atoms with E-state index < -0.39 is 4.93 Å². The van der Waals surface area contributed by atoms with Crippen LogP contribution in [0.2, 0.25) is 0 Å². The summed E-state index contributed by atoms with van der Waals surface area (Å²) in [5.74, 6) is 0. The van der Waals surface area contributed by atoms with Crippen LogP contribution in [0.15, 0.2) is 0 Å². The third kappa shape index (κ3) is 2.00. The minimum absolute atomic E-state index is 0.0869. The molecule has 1 atom stereocenters. The van der Waals surface area contributed by atoms with Crippen LogP contribution in [0.3, 0.4) is 0 Å². The highest BCUT2D eigenvalue weighted by atomic mass is 32.2. The third-order valence-corrected chi connectivity index (χ3v) is 3.54. The normalized spacial score (nSPS) is 34.8. The first-order valence-electron chi connectivity index (χ1n) is 3.38. The highest BCUT2D eigenvalue weighted by Gasteiger charge is 2.33. The van der Waals surface area contributed by atoms with Crippen LogP contribution in [0.25, 0.3) is 0 Å². The van der Waals surface area contributed by atoms with Crippen LogP contribution in [0, 0.1) is 0 Å². The maximum atomic E-state index is 5.44. The Bertz CT molecular complexity index is 110. The molecule has 1 fully saturated rings. The molecule has 0 aliphatic carbocycles. The van der Waals surface area contributed by atoms with Gasteiger partial charge >= 0.3 is 0 Å². The van der Waals surface area contributed by atoms with Gasteiger partial charge in [0.1, 0.15) is 4.93 Å². The Kier molecular flexibility index (Phi) is 3.28. The van der Waals surface area contributed by atoms with Gasteiger partial charge in [-0.05, 0) is 19.3 Å². The lowest BCUT2D eigenvalue weighted by atomic mass is 10.1. The first kappa shape index (κ1) is 9.10. The average molecular weight is 196 g/mol. The van der Waals surface area contributed by atoms with Gasteiger partial charge in [0.25, 0.3) is 0 Å². The molecule has 0 aromatic heterocycles. The largest absolute Gasteiger partial charge is 0.363 e. The molecule has 1 saturated heterocycles. The van der Waals surface area contributed by atoms with Crippen LogP contribution in [-0.2, 0) is 4.74 Å². The van der Waals surface area contributed by atoms with Gasteiger partial charge in [0.2, 0.25) is 0 Å². The Labute approximate surface area is 78.1 Å². The van der Waals surface area contributed by atoms with Crippen molar-refractivity contribution in [1.82, 2.24) is 0 Å². The van der Waals surface area contributed by atoms with Gasteiger partial charge in [-0.2, -0.15) is 25.3 Å². The van der Waals surface area contributed by atoms with Gasteiger partial charge < -0.3 is 4.74 Å². The van der Waals surface area contributed by atoms with Crippen molar-refractivity contribution in [3.8, 4) is 0 Å². The SMILES string of the molecule is SC(S)C1(S)CCCCO1. The average Bonchev–Trinajstić information content (AvgIpc) is 1.89. The zero-order valence-electron chi connectivity index (χ0n) is 5.66. The van der Waals surface area contributed by atoms with E-state index in [9.17, 15) is 0 Å². The second-order valence-electron chi connectivity index (χ2n) is 2.52. The van der Waals surface area contributed by atoms with E-state index in [1.165, 1.54) is 6.42 Å². The van der Waals surface area contributed by atoms with Crippen LogP contribution >= 0.6 is 37.9 Å². The molecule has 1 nitrogen and oxygen atoms in total. The van der Waals surface area contributed by atoms with Crippen molar-refractivity contribution >= 4 is 37.9 Å². The Morgan fingerprint density at radius 3 is 2.30 bits per heavy atom. The van der Waals surface area contributed by atoms with E-state index in [0.717, 1.165) is 19.4 Å². The van der Waals surface area contributed by atoms with E-state index >= 15 is 0 Å². The second kappa shape index (κ2) is 3.61. The van der Waals surface area contributed by atoms with Gasteiger partial charge in [0.05, 0.1) is 4.58 Å². The van der Waals surface area contributed by atoms with Gasteiger partial charge in [-0.3, -0.25) is 0 Å². The fourth-order valence-electron chi connectivity index (χ4n) is 1.01. The zero-order chi connectivity index (χ0) is 7.61. The Balaban J connectivity index is 2.48. The fraction of sp³-hybridized carbons (Fsp3) is 1.00. The lowest BCUT2D eigenvalue weighted by Crippen LogP contribution is -2.36. The molecule has 0 amide bonds.